The minimum Gasteiger partial charge on any atom is -0.493 e. The summed E-state index contributed by atoms with van der Waals surface area (Å²) < 4.78 is 34.6. The third kappa shape index (κ3) is 4.21. The Balaban J connectivity index is 2.01. The quantitative estimate of drug-likeness (QED) is 0.625. The highest BCUT2D eigenvalue weighted by molar-refractivity contribution is 7.89. The van der Waals surface area contributed by atoms with Crippen LogP contribution in [0.2, 0.25) is 0 Å². The van der Waals surface area contributed by atoms with E-state index in [1.165, 1.54) is 26.4 Å². The number of carbonyl (C=O) groups excluding carboxylic acids is 1. The predicted octanol–water partition coefficient (Wildman–Crippen LogP) is 3.29. The van der Waals surface area contributed by atoms with Crippen LogP contribution in [0, 0.1) is 16.7 Å². The van der Waals surface area contributed by atoms with Crippen LogP contribution < -0.4 is 25.2 Å². The van der Waals surface area contributed by atoms with Gasteiger partial charge in [0.25, 0.3) is 0 Å². The first-order chi connectivity index (χ1) is 16.9. The number of hydrogen-bond donors (Lipinski definition) is 2. The van der Waals surface area contributed by atoms with E-state index in [0.29, 0.717) is 46.9 Å². The van der Waals surface area contributed by atoms with Crippen LogP contribution in [-0.4, -0.2) is 28.4 Å². The van der Waals surface area contributed by atoms with Gasteiger partial charge in [-0.2, -0.15) is 5.26 Å². The van der Waals surface area contributed by atoms with Crippen LogP contribution in [0.25, 0.3) is 0 Å². The summed E-state index contributed by atoms with van der Waals surface area (Å²) in [5, 5.41) is 15.5. The zero-order valence-corrected chi connectivity index (χ0v) is 21.3. The molecule has 0 fully saturated rings. The van der Waals surface area contributed by atoms with Crippen molar-refractivity contribution in [2.75, 3.05) is 19.1 Å². The maximum absolute atomic E-state index is 13.7. The van der Waals surface area contributed by atoms with E-state index in [1.807, 2.05) is 13.8 Å². The van der Waals surface area contributed by atoms with Gasteiger partial charge in [-0.3, -0.25) is 9.69 Å². The average molecular weight is 509 g/mol. The number of anilines is 1. The van der Waals surface area contributed by atoms with Gasteiger partial charge in [0.15, 0.2) is 17.3 Å². The van der Waals surface area contributed by atoms with E-state index in [1.54, 1.807) is 35.2 Å². The number of ketones is 1. The predicted molar refractivity (Wildman–Crippen MR) is 134 cm³/mol. The number of allylic oxidation sites excluding steroid dienone is 3. The van der Waals surface area contributed by atoms with Crippen LogP contribution in [0.4, 0.5) is 5.69 Å². The number of nitriles is 1. The van der Waals surface area contributed by atoms with Crippen LogP contribution in [0.5, 0.6) is 11.5 Å². The molecule has 2 aromatic carbocycles. The third-order valence-electron chi connectivity index (χ3n) is 6.55. The van der Waals surface area contributed by atoms with Crippen LogP contribution >= 0.6 is 0 Å². The number of para-hydroxylation sites is 1. The highest BCUT2D eigenvalue weighted by Crippen LogP contribution is 2.52. The molecular weight excluding hydrogens is 480 g/mol. The van der Waals surface area contributed by atoms with E-state index in [2.05, 4.69) is 6.07 Å². The van der Waals surface area contributed by atoms with Crippen molar-refractivity contribution >= 4 is 21.5 Å². The minimum atomic E-state index is -3.90. The molecule has 4 rings (SSSR count). The second-order valence-corrected chi connectivity index (χ2v) is 11.2. The van der Waals surface area contributed by atoms with Gasteiger partial charge in [0, 0.05) is 28.9 Å². The number of benzene rings is 2. The standard InChI is InChI=1S/C26H28N4O5S/c1-26(2)12-19-23(20(31)13-26)22(17-6-5-7-21(34-3)24(17)35-4)18(14-27)25(28)30(19)15-8-10-16(11-9-15)36(29,32)33/h5-11,22H,12-13,28H2,1-4H3,(H2,29,32,33)/t22-/m1/s1. The molecule has 4 N–H and O–H groups in total. The number of sulfonamides is 1. The fourth-order valence-corrected chi connectivity index (χ4v) is 5.55. The number of Topliss-reactive ketones (excluding diaryl/α,β-unsaturated/α-hetero) is 1. The van der Waals surface area contributed by atoms with Crippen molar-refractivity contribution < 1.29 is 22.7 Å². The summed E-state index contributed by atoms with van der Waals surface area (Å²) in [5.74, 6) is 0.194. The first-order valence-corrected chi connectivity index (χ1v) is 12.8. The van der Waals surface area contributed by atoms with Crippen LogP contribution in [0.3, 0.4) is 0 Å². The van der Waals surface area contributed by atoms with Crippen molar-refractivity contribution in [2.45, 2.75) is 37.5 Å². The topological polar surface area (TPSA) is 149 Å². The van der Waals surface area contributed by atoms with Crippen molar-refractivity contribution in [1.29, 1.82) is 5.26 Å². The Bertz CT molecular complexity index is 1450. The maximum atomic E-state index is 13.7. The molecule has 36 heavy (non-hydrogen) atoms. The molecule has 1 atom stereocenters. The summed E-state index contributed by atoms with van der Waals surface area (Å²) >= 11 is 0. The number of hydrogen-bond acceptors (Lipinski definition) is 8. The van der Waals surface area contributed by atoms with Gasteiger partial charge in [-0.1, -0.05) is 26.0 Å². The number of nitrogens with zero attached hydrogens (tertiary/aromatic N) is 2. The normalized spacial score (nSPS) is 19.6. The maximum Gasteiger partial charge on any atom is 0.238 e. The number of nitrogens with two attached hydrogens (primary N) is 2. The minimum absolute atomic E-state index is 0.0560. The second kappa shape index (κ2) is 9.00. The first kappa shape index (κ1) is 25.3. The lowest BCUT2D eigenvalue weighted by molar-refractivity contribution is -0.118. The Hall–Kier alpha value is -3.81. The Morgan fingerprint density at radius 2 is 1.75 bits per heavy atom. The molecule has 1 aliphatic heterocycles. The zero-order valence-electron chi connectivity index (χ0n) is 20.5. The van der Waals surface area contributed by atoms with Gasteiger partial charge in [0.05, 0.1) is 36.7 Å². The van der Waals surface area contributed by atoms with E-state index in [0.717, 1.165) is 0 Å². The van der Waals surface area contributed by atoms with E-state index >= 15 is 0 Å². The SMILES string of the molecule is COc1cccc([C@@H]2C(C#N)=C(N)N(c3ccc(S(N)(=O)=O)cc3)C3=C2C(=O)CC(C)(C)C3)c1OC. The molecular formula is C26H28N4O5S. The van der Waals surface area contributed by atoms with E-state index < -0.39 is 15.9 Å². The van der Waals surface area contributed by atoms with Crippen LogP contribution in [-0.2, 0) is 14.8 Å². The zero-order chi connectivity index (χ0) is 26.4. The fourth-order valence-electron chi connectivity index (χ4n) is 5.04. The molecule has 0 spiro atoms. The summed E-state index contributed by atoms with van der Waals surface area (Å²) in [5.41, 5.74) is 8.70. The summed E-state index contributed by atoms with van der Waals surface area (Å²) in [4.78, 5) is 15.3. The second-order valence-electron chi connectivity index (χ2n) is 9.60. The number of methoxy groups -OCH3 is 2. The molecule has 10 heteroatoms. The van der Waals surface area contributed by atoms with Gasteiger partial charge in [0.2, 0.25) is 10.0 Å². The largest absolute Gasteiger partial charge is 0.493 e. The molecule has 0 aromatic heterocycles. The Kier molecular flexibility index (Phi) is 6.32. The summed E-state index contributed by atoms with van der Waals surface area (Å²) in [6.45, 7) is 4.00. The van der Waals surface area contributed by atoms with Crippen molar-refractivity contribution in [3.63, 3.8) is 0 Å². The van der Waals surface area contributed by atoms with Crippen molar-refractivity contribution in [3.8, 4) is 17.6 Å². The van der Waals surface area contributed by atoms with Crippen LogP contribution in [0.15, 0.2) is 70.0 Å². The average Bonchev–Trinajstić information content (AvgIpc) is 2.81. The smallest absolute Gasteiger partial charge is 0.238 e. The Morgan fingerprint density at radius 3 is 2.31 bits per heavy atom. The molecule has 0 saturated heterocycles. The monoisotopic (exact) mass is 508 g/mol. The molecule has 9 nitrogen and oxygen atoms in total. The third-order valence-corrected chi connectivity index (χ3v) is 7.48. The fraction of sp³-hybridized carbons (Fsp3) is 0.308. The molecule has 0 amide bonds. The van der Waals surface area contributed by atoms with Gasteiger partial charge in [-0.25, -0.2) is 13.6 Å². The summed E-state index contributed by atoms with van der Waals surface area (Å²) in [7, 11) is -0.874. The highest BCUT2D eigenvalue weighted by atomic mass is 32.2. The summed E-state index contributed by atoms with van der Waals surface area (Å²) in [6.07, 6.45) is 0.804. The van der Waals surface area contributed by atoms with Gasteiger partial charge in [0.1, 0.15) is 5.82 Å². The van der Waals surface area contributed by atoms with E-state index in [-0.39, 0.29) is 27.5 Å². The number of ether oxygens (including phenoxy) is 2. The van der Waals surface area contributed by atoms with Gasteiger partial charge in [-0.05, 0) is 42.2 Å². The molecule has 188 valence electrons. The lowest BCUT2D eigenvalue weighted by Gasteiger charge is -2.44. The lowest BCUT2D eigenvalue weighted by atomic mass is 9.68. The Labute approximate surface area is 210 Å². The van der Waals surface area contributed by atoms with Gasteiger partial charge in [-0.15, -0.1) is 0 Å². The number of rotatable bonds is 5. The number of carbonyl (C=O) groups is 1. The molecule has 2 aliphatic rings. The van der Waals surface area contributed by atoms with E-state index in [4.69, 9.17) is 20.3 Å². The van der Waals surface area contributed by atoms with E-state index in [9.17, 15) is 18.5 Å². The molecule has 1 aliphatic carbocycles. The van der Waals surface area contributed by atoms with Crippen LogP contribution in [0.1, 0.15) is 38.2 Å². The number of primary sulfonamides is 1. The Morgan fingerprint density at radius 1 is 1.08 bits per heavy atom. The molecule has 1 heterocycles. The first-order valence-electron chi connectivity index (χ1n) is 11.2. The molecule has 2 aromatic rings. The molecule has 0 saturated carbocycles. The molecule has 0 bridgehead atoms. The molecule has 0 radical (unpaired) electrons. The lowest BCUT2D eigenvalue weighted by Crippen LogP contribution is -2.42. The molecule has 0 unspecified atom stereocenters. The van der Waals surface area contributed by atoms with Gasteiger partial charge >= 0.3 is 0 Å². The van der Waals surface area contributed by atoms with Crippen molar-refractivity contribution in [1.82, 2.24) is 0 Å². The highest BCUT2D eigenvalue weighted by Gasteiger charge is 2.45. The summed E-state index contributed by atoms with van der Waals surface area (Å²) in [6, 6.07) is 13.4. The van der Waals surface area contributed by atoms with Crippen molar-refractivity contribution in [2.24, 2.45) is 16.3 Å². The van der Waals surface area contributed by atoms with Gasteiger partial charge < -0.3 is 15.2 Å². The van der Waals surface area contributed by atoms with Crippen molar-refractivity contribution in [3.05, 3.63) is 70.7 Å².